The van der Waals surface area contributed by atoms with Crippen LogP contribution in [0, 0.1) is 0 Å². The molecule has 0 spiro atoms. The zero-order valence-electron chi connectivity index (χ0n) is 16.1. The van der Waals surface area contributed by atoms with E-state index in [1.54, 1.807) is 19.5 Å². The van der Waals surface area contributed by atoms with Gasteiger partial charge in [0.05, 0.1) is 18.4 Å². The van der Waals surface area contributed by atoms with Crippen LogP contribution in [0.3, 0.4) is 0 Å². The molecule has 0 saturated heterocycles. The number of methoxy groups -OCH3 is 1. The molecule has 0 unspecified atom stereocenters. The average Bonchev–Trinajstić information content (AvgIpc) is 3.40. The number of hydrogen-bond acceptors (Lipinski definition) is 8. The molecule has 8 nitrogen and oxygen atoms in total. The van der Waals surface area contributed by atoms with Crippen LogP contribution in [0.1, 0.15) is 19.2 Å². The smallest absolute Gasteiger partial charge is 0.237 e. The first-order valence-electron chi connectivity index (χ1n) is 9.22. The van der Waals surface area contributed by atoms with Crippen molar-refractivity contribution < 1.29 is 9.26 Å². The summed E-state index contributed by atoms with van der Waals surface area (Å²) in [5.74, 6) is 3.06. The van der Waals surface area contributed by atoms with Crippen molar-refractivity contribution >= 4 is 11.8 Å². The van der Waals surface area contributed by atoms with E-state index in [1.165, 1.54) is 11.8 Å². The summed E-state index contributed by atoms with van der Waals surface area (Å²) in [5, 5.41) is 13.6. The van der Waals surface area contributed by atoms with Crippen LogP contribution in [-0.4, -0.2) is 37.0 Å². The summed E-state index contributed by atoms with van der Waals surface area (Å²) in [7, 11) is 1.62. The SMILES string of the molecule is CCCn1c(SCc2nc(-c3ccccc3OC)no2)nnc1-c1ccncc1. The van der Waals surface area contributed by atoms with E-state index in [9.17, 15) is 0 Å². The molecule has 0 radical (unpaired) electrons. The van der Waals surface area contributed by atoms with Gasteiger partial charge < -0.3 is 13.8 Å². The molecule has 0 aliphatic heterocycles. The summed E-state index contributed by atoms with van der Waals surface area (Å²) in [6.45, 7) is 2.95. The highest BCUT2D eigenvalue weighted by Gasteiger charge is 2.17. The molecule has 1 aromatic carbocycles. The van der Waals surface area contributed by atoms with Crippen molar-refractivity contribution in [3.8, 4) is 28.5 Å². The van der Waals surface area contributed by atoms with Crippen LogP contribution in [0.15, 0.2) is 58.5 Å². The minimum absolute atomic E-state index is 0.500. The molecule has 0 atom stereocenters. The van der Waals surface area contributed by atoms with Crippen molar-refractivity contribution in [3.05, 3.63) is 54.7 Å². The van der Waals surface area contributed by atoms with Crippen LogP contribution >= 0.6 is 11.8 Å². The molecule has 0 aliphatic carbocycles. The molecular weight excluding hydrogens is 388 g/mol. The van der Waals surface area contributed by atoms with E-state index in [4.69, 9.17) is 9.26 Å². The zero-order valence-corrected chi connectivity index (χ0v) is 17.0. The van der Waals surface area contributed by atoms with Crippen molar-refractivity contribution in [2.24, 2.45) is 0 Å². The maximum absolute atomic E-state index is 5.43. The number of thioether (sulfide) groups is 1. The van der Waals surface area contributed by atoms with Gasteiger partial charge in [-0.1, -0.05) is 36.0 Å². The minimum atomic E-state index is 0.500. The van der Waals surface area contributed by atoms with Gasteiger partial charge in [0.2, 0.25) is 11.7 Å². The van der Waals surface area contributed by atoms with Gasteiger partial charge in [0.15, 0.2) is 11.0 Å². The maximum Gasteiger partial charge on any atom is 0.237 e. The minimum Gasteiger partial charge on any atom is -0.496 e. The van der Waals surface area contributed by atoms with Gasteiger partial charge in [-0.15, -0.1) is 10.2 Å². The Morgan fingerprint density at radius 1 is 1.10 bits per heavy atom. The number of para-hydroxylation sites is 1. The monoisotopic (exact) mass is 408 g/mol. The quantitative estimate of drug-likeness (QED) is 0.402. The fraction of sp³-hybridized carbons (Fsp3) is 0.250. The molecule has 4 rings (SSSR count). The van der Waals surface area contributed by atoms with Gasteiger partial charge in [-0.25, -0.2) is 0 Å². The van der Waals surface area contributed by atoms with Gasteiger partial charge in [-0.2, -0.15) is 4.98 Å². The second-order valence-electron chi connectivity index (χ2n) is 6.19. The molecule has 3 aromatic heterocycles. The molecule has 0 saturated carbocycles. The number of pyridine rings is 1. The number of nitrogens with zero attached hydrogens (tertiary/aromatic N) is 6. The Balaban J connectivity index is 1.53. The highest BCUT2D eigenvalue weighted by atomic mass is 32.2. The highest BCUT2D eigenvalue weighted by Crippen LogP contribution is 2.29. The zero-order chi connectivity index (χ0) is 20.1. The largest absolute Gasteiger partial charge is 0.496 e. The van der Waals surface area contributed by atoms with Crippen LogP contribution in [0.5, 0.6) is 5.75 Å². The molecule has 148 valence electrons. The molecule has 0 amide bonds. The number of benzene rings is 1. The summed E-state index contributed by atoms with van der Waals surface area (Å²) < 4.78 is 12.9. The second kappa shape index (κ2) is 8.87. The lowest BCUT2D eigenvalue weighted by molar-refractivity contribution is 0.390. The van der Waals surface area contributed by atoms with Crippen LogP contribution in [0.2, 0.25) is 0 Å². The number of hydrogen-bond donors (Lipinski definition) is 0. The van der Waals surface area contributed by atoms with E-state index in [-0.39, 0.29) is 0 Å². The lowest BCUT2D eigenvalue weighted by atomic mass is 10.2. The molecular formula is C20H20N6O2S. The first kappa shape index (κ1) is 19.1. The van der Waals surface area contributed by atoms with E-state index in [1.807, 2.05) is 36.4 Å². The van der Waals surface area contributed by atoms with E-state index in [2.05, 4.69) is 36.8 Å². The molecule has 3 heterocycles. The lowest BCUT2D eigenvalue weighted by Crippen LogP contribution is -2.02. The first-order chi connectivity index (χ1) is 14.3. The fourth-order valence-electron chi connectivity index (χ4n) is 2.91. The van der Waals surface area contributed by atoms with Gasteiger partial charge in [-0.3, -0.25) is 4.98 Å². The third kappa shape index (κ3) is 4.14. The summed E-state index contributed by atoms with van der Waals surface area (Å²) in [4.78, 5) is 8.57. The standard InChI is InChI=1S/C20H20N6O2S/c1-3-12-26-19(14-8-10-21-11-9-14)23-24-20(26)29-13-17-22-18(25-28-17)15-6-4-5-7-16(15)27-2/h4-11H,3,12-13H2,1-2H3. The Morgan fingerprint density at radius 2 is 1.93 bits per heavy atom. The first-order valence-corrected chi connectivity index (χ1v) is 10.2. The van der Waals surface area contributed by atoms with Crippen molar-refractivity contribution in [2.75, 3.05) is 7.11 Å². The van der Waals surface area contributed by atoms with Crippen LogP contribution in [0.25, 0.3) is 22.8 Å². The number of ether oxygens (including phenoxy) is 1. The summed E-state index contributed by atoms with van der Waals surface area (Å²) >= 11 is 1.52. The van der Waals surface area contributed by atoms with Gasteiger partial charge >= 0.3 is 0 Å². The average molecular weight is 408 g/mol. The fourth-order valence-corrected chi connectivity index (χ4v) is 3.72. The van der Waals surface area contributed by atoms with Crippen LogP contribution in [0.4, 0.5) is 0 Å². The Hall–Kier alpha value is -3.20. The third-order valence-electron chi connectivity index (χ3n) is 4.24. The normalized spacial score (nSPS) is 11.0. The van der Waals surface area contributed by atoms with Crippen molar-refractivity contribution in [3.63, 3.8) is 0 Å². The van der Waals surface area contributed by atoms with Crippen molar-refractivity contribution in [2.45, 2.75) is 30.8 Å². The summed E-state index contributed by atoms with van der Waals surface area (Å²) in [6.07, 6.45) is 4.48. The number of aromatic nitrogens is 6. The van der Waals surface area contributed by atoms with Crippen LogP contribution in [-0.2, 0) is 12.3 Å². The molecule has 0 N–H and O–H groups in total. The predicted octanol–water partition coefficient (Wildman–Crippen LogP) is 4.10. The molecule has 0 bridgehead atoms. The maximum atomic E-state index is 5.43. The van der Waals surface area contributed by atoms with Crippen molar-refractivity contribution in [1.29, 1.82) is 0 Å². The van der Waals surface area contributed by atoms with Gasteiger partial charge in [0.1, 0.15) is 5.75 Å². The Morgan fingerprint density at radius 3 is 2.72 bits per heavy atom. The molecule has 4 aromatic rings. The third-order valence-corrected chi connectivity index (χ3v) is 5.19. The van der Waals surface area contributed by atoms with Gasteiger partial charge in [0, 0.05) is 24.5 Å². The summed E-state index contributed by atoms with van der Waals surface area (Å²) in [5.41, 5.74) is 1.79. The predicted molar refractivity (Wildman–Crippen MR) is 109 cm³/mol. The topological polar surface area (TPSA) is 91.8 Å². The van der Waals surface area contributed by atoms with Gasteiger partial charge in [0.25, 0.3) is 0 Å². The molecule has 9 heteroatoms. The Labute approximate surface area is 172 Å². The van der Waals surface area contributed by atoms with Crippen LogP contribution < -0.4 is 4.74 Å². The van der Waals surface area contributed by atoms with E-state index >= 15 is 0 Å². The van der Waals surface area contributed by atoms with E-state index in [0.29, 0.717) is 23.2 Å². The number of rotatable bonds is 8. The Kier molecular flexibility index (Phi) is 5.85. The lowest BCUT2D eigenvalue weighted by Gasteiger charge is -2.07. The molecule has 29 heavy (non-hydrogen) atoms. The van der Waals surface area contributed by atoms with Crippen molar-refractivity contribution in [1.82, 2.24) is 29.9 Å². The second-order valence-corrected chi connectivity index (χ2v) is 7.14. The summed E-state index contributed by atoms with van der Waals surface area (Å²) in [6, 6.07) is 11.5. The van der Waals surface area contributed by atoms with E-state index in [0.717, 1.165) is 35.1 Å². The molecule has 0 aliphatic rings. The highest BCUT2D eigenvalue weighted by molar-refractivity contribution is 7.98. The Bertz CT molecular complexity index is 1080. The van der Waals surface area contributed by atoms with Gasteiger partial charge in [-0.05, 0) is 30.7 Å². The molecule has 0 fully saturated rings. The van der Waals surface area contributed by atoms with E-state index < -0.39 is 0 Å².